The number of thiazole rings is 1. The van der Waals surface area contributed by atoms with Crippen LogP contribution in [0.4, 0.5) is 15.2 Å². The Kier molecular flexibility index (Phi) is 3.06. The van der Waals surface area contributed by atoms with Gasteiger partial charge in [0.15, 0.2) is 10.8 Å². The molecule has 1 heterocycles. The summed E-state index contributed by atoms with van der Waals surface area (Å²) in [5.74, 6) is -1.49. The first-order valence-corrected chi connectivity index (χ1v) is 5.67. The molecule has 0 atom stereocenters. The zero-order valence-electron chi connectivity index (χ0n) is 8.90. The van der Waals surface area contributed by atoms with E-state index in [2.05, 4.69) is 10.3 Å². The molecule has 17 heavy (non-hydrogen) atoms. The number of aryl methyl sites for hydroxylation is 1. The van der Waals surface area contributed by atoms with Crippen molar-refractivity contribution in [2.45, 2.75) is 6.92 Å². The van der Waals surface area contributed by atoms with Gasteiger partial charge in [-0.3, -0.25) is 0 Å². The summed E-state index contributed by atoms with van der Waals surface area (Å²) in [7, 11) is 0. The zero-order valence-corrected chi connectivity index (χ0v) is 9.71. The van der Waals surface area contributed by atoms with Crippen LogP contribution in [0.1, 0.15) is 16.1 Å². The number of nitrogens with zero attached hydrogens (tertiary/aromatic N) is 1. The predicted molar refractivity (Wildman–Crippen MR) is 63.5 cm³/mol. The standard InChI is InChI=1S/C11H9FN2O2S/c1-6-3-2-4-7(12)9(6)14-11-13-8(5-17-11)10(15)16/h2-5H,1H3,(H,13,14)(H,15,16). The molecule has 4 nitrogen and oxygen atoms in total. The fraction of sp³-hybridized carbons (Fsp3) is 0.0909. The van der Waals surface area contributed by atoms with E-state index >= 15 is 0 Å². The van der Waals surface area contributed by atoms with Gasteiger partial charge in [0.2, 0.25) is 0 Å². The number of rotatable bonds is 3. The van der Waals surface area contributed by atoms with Crippen LogP contribution in [0.25, 0.3) is 0 Å². The molecule has 88 valence electrons. The minimum absolute atomic E-state index is 0.0495. The summed E-state index contributed by atoms with van der Waals surface area (Å²) in [5.41, 5.74) is 1.00. The molecule has 2 aromatic rings. The molecular formula is C11H9FN2O2S. The molecule has 0 aliphatic carbocycles. The monoisotopic (exact) mass is 252 g/mol. The molecule has 0 spiro atoms. The van der Waals surface area contributed by atoms with Crippen molar-refractivity contribution in [1.82, 2.24) is 4.98 Å². The fourth-order valence-electron chi connectivity index (χ4n) is 1.33. The molecule has 0 fully saturated rings. The lowest BCUT2D eigenvalue weighted by Gasteiger charge is -2.07. The van der Waals surface area contributed by atoms with E-state index < -0.39 is 11.8 Å². The Morgan fingerprint density at radius 2 is 2.29 bits per heavy atom. The van der Waals surface area contributed by atoms with E-state index in [-0.39, 0.29) is 5.69 Å². The number of carboxylic acids is 1. The lowest BCUT2D eigenvalue weighted by molar-refractivity contribution is 0.0691. The number of anilines is 2. The number of nitrogens with one attached hydrogen (secondary N) is 1. The first-order valence-electron chi connectivity index (χ1n) is 4.79. The van der Waals surface area contributed by atoms with Gasteiger partial charge >= 0.3 is 5.97 Å². The van der Waals surface area contributed by atoms with E-state index in [4.69, 9.17) is 5.11 Å². The molecule has 6 heteroatoms. The average Bonchev–Trinajstić information content (AvgIpc) is 2.72. The number of para-hydroxylation sites is 1. The first kappa shape index (κ1) is 11.5. The minimum atomic E-state index is -1.10. The van der Waals surface area contributed by atoms with Crippen LogP contribution in [0.5, 0.6) is 0 Å². The van der Waals surface area contributed by atoms with Gasteiger partial charge in [-0.2, -0.15) is 0 Å². The van der Waals surface area contributed by atoms with Crippen molar-refractivity contribution in [3.63, 3.8) is 0 Å². The Labute approximate surface area is 101 Å². The SMILES string of the molecule is Cc1cccc(F)c1Nc1nc(C(=O)O)cs1. The van der Waals surface area contributed by atoms with Crippen molar-refractivity contribution < 1.29 is 14.3 Å². The second-order valence-corrected chi connectivity index (χ2v) is 4.26. The highest BCUT2D eigenvalue weighted by atomic mass is 32.1. The molecular weight excluding hydrogens is 243 g/mol. The van der Waals surface area contributed by atoms with Gasteiger partial charge in [0, 0.05) is 5.38 Å². The zero-order chi connectivity index (χ0) is 12.4. The normalized spacial score (nSPS) is 10.2. The average molecular weight is 252 g/mol. The number of carboxylic acid groups (broad SMARTS) is 1. The van der Waals surface area contributed by atoms with Crippen LogP contribution in [-0.4, -0.2) is 16.1 Å². The molecule has 0 bridgehead atoms. The molecule has 2 rings (SSSR count). The Bertz CT molecular complexity index is 548. The maximum absolute atomic E-state index is 13.5. The number of halogens is 1. The minimum Gasteiger partial charge on any atom is -0.476 e. The molecule has 0 unspecified atom stereocenters. The Balaban J connectivity index is 2.28. The van der Waals surface area contributed by atoms with Crippen LogP contribution in [0.15, 0.2) is 23.6 Å². The molecule has 1 aromatic heterocycles. The Hall–Kier alpha value is -1.95. The largest absolute Gasteiger partial charge is 0.476 e. The molecule has 0 saturated heterocycles. The highest BCUT2D eigenvalue weighted by Crippen LogP contribution is 2.25. The maximum Gasteiger partial charge on any atom is 0.355 e. The third-order valence-electron chi connectivity index (χ3n) is 2.18. The van der Waals surface area contributed by atoms with Crippen molar-refractivity contribution >= 4 is 28.1 Å². The van der Waals surface area contributed by atoms with E-state index in [1.54, 1.807) is 19.1 Å². The van der Waals surface area contributed by atoms with Gasteiger partial charge in [-0.05, 0) is 18.6 Å². The summed E-state index contributed by atoms with van der Waals surface area (Å²) < 4.78 is 13.5. The molecule has 0 saturated carbocycles. The summed E-state index contributed by atoms with van der Waals surface area (Å²) in [4.78, 5) is 14.5. The lowest BCUT2D eigenvalue weighted by Crippen LogP contribution is -1.99. The van der Waals surface area contributed by atoms with Gasteiger partial charge in [0.25, 0.3) is 0 Å². The molecule has 2 N–H and O–H groups in total. The van der Waals surface area contributed by atoms with Crippen LogP contribution < -0.4 is 5.32 Å². The van der Waals surface area contributed by atoms with Gasteiger partial charge in [-0.15, -0.1) is 11.3 Å². The second kappa shape index (κ2) is 4.50. The van der Waals surface area contributed by atoms with E-state index in [0.717, 1.165) is 16.9 Å². The van der Waals surface area contributed by atoms with Crippen LogP contribution in [0.2, 0.25) is 0 Å². The van der Waals surface area contributed by atoms with E-state index in [1.807, 2.05) is 0 Å². The van der Waals surface area contributed by atoms with Crippen molar-refractivity contribution in [1.29, 1.82) is 0 Å². The number of hydrogen-bond donors (Lipinski definition) is 2. The second-order valence-electron chi connectivity index (χ2n) is 3.40. The lowest BCUT2D eigenvalue weighted by atomic mass is 10.2. The smallest absolute Gasteiger partial charge is 0.355 e. The number of aromatic carboxylic acids is 1. The highest BCUT2D eigenvalue weighted by Gasteiger charge is 2.11. The molecule has 0 aliphatic rings. The summed E-state index contributed by atoms with van der Waals surface area (Å²) in [6.45, 7) is 1.76. The molecule has 0 amide bonds. The van der Waals surface area contributed by atoms with Crippen molar-refractivity contribution in [3.8, 4) is 0 Å². The summed E-state index contributed by atoms with van der Waals surface area (Å²) in [6, 6.07) is 4.71. The third-order valence-corrected chi connectivity index (χ3v) is 2.93. The van der Waals surface area contributed by atoms with Crippen molar-refractivity contribution in [2.24, 2.45) is 0 Å². The van der Waals surface area contributed by atoms with Gasteiger partial charge in [0.05, 0.1) is 5.69 Å². The first-order chi connectivity index (χ1) is 8.08. The fourth-order valence-corrected chi connectivity index (χ4v) is 2.02. The van der Waals surface area contributed by atoms with E-state index in [9.17, 15) is 9.18 Å². The summed E-state index contributed by atoms with van der Waals surface area (Å²) >= 11 is 1.12. The van der Waals surface area contributed by atoms with Gasteiger partial charge in [-0.25, -0.2) is 14.2 Å². The van der Waals surface area contributed by atoms with Crippen LogP contribution >= 0.6 is 11.3 Å². The number of carbonyl (C=O) groups is 1. The molecule has 0 radical (unpaired) electrons. The quantitative estimate of drug-likeness (QED) is 0.881. The third kappa shape index (κ3) is 2.42. The van der Waals surface area contributed by atoms with Crippen LogP contribution in [0, 0.1) is 12.7 Å². The number of aromatic nitrogens is 1. The summed E-state index contributed by atoms with van der Waals surface area (Å²) in [5, 5.41) is 13.3. The topological polar surface area (TPSA) is 62.2 Å². The number of hydrogen-bond acceptors (Lipinski definition) is 4. The van der Waals surface area contributed by atoms with E-state index in [0.29, 0.717) is 10.8 Å². The van der Waals surface area contributed by atoms with Gasteiger partial charge < -0.3 is 10.4 Å². The van der Waals surface area contributed by atoms with Crippen molar-refractivity contribution in [3.05, 3.63) is 40.7 Å². The van der Waals surface area contributed by atoms with E-state index in [1.165, 1.54) is 11.4 Å². The Morgan fingerprint density at radius 1 is 1.53 bits per heavy atom. The molecule has 0 aliphatic heterocycles. The van der Waals surface area contributed by atoms with Crippen molar-refractivity contribution in [2.75, 3.05) is 5.32 Å². The molecule has 1 aromatic carbocycles. The Morgan fingerprint density at radius 3 is 2.88 bits per heavy atom. The van der Waals surface area contributed by atoms with Crippen LogP contribution in [-0.2, 0) is 0 Å². The van der Waals surface area contributed by atoms with Crippen LogP contribution in [0.3, 0.4) is 0 Å². The van der Waals surface area contributed by atoms with Gasteiger partial charge in [0.1, 0.15) is 5.82 Å². The summed E-state index contributed by atoms with van der Waals surface area (Å²) in [6.07, 6.45) is 0. The maximum atomic E-state index is 13.5. The highest BCUT2D eigenvalue weighted by molar-refractivity contribution is 7.14. The number of benzene rings is 1. The predicted octanol–water partition coefficient (Wildman–Crippen LogP) is 3.03. The van der Waals surface area contributed by atoms with Gasteiger partial charge in [-0.1, -0.05) is 12.1 Å².